The molecule has 0 fully saturated rings. The molecule has 3 rings (SSSR count). The number of para-hydroxylation sites is 1. The van der Waals surface area contributed by atoms with Crippen LogP contribution >= 0.6 is 11.8 Å². The molecule has 0 unspecified atom stereocenters. The summed E-state index contributed by atoms with van der Waals surface area (Å²) >= 11 is 1.35. The Kier molecular flexibility index (Phi) is 4.42. The second kappa shape index (κ2) is 6.66. The Balaban J connectivity index is 2.03. The van der Waals surface area contributed by atoms with Gasteiger partial charge in [-0.1, -0.05) is 23.9 Å². The van der Waals surface area contributed by atoms with Crippen molar-refractivity contribution in [2.45, 2.75) is 12.1 Å². The molecule has 2 aromatic heterocycles. The lowest BCUT2D eigenvalue weighted by Crippen LogP contribution is -2.13. The molecule has 0 radical (unpaired) electrons. The zero-order valence-electron chi connectivity index (χ0n) is 12.7. The number of hydrogen-bond acceptors (Lipinski definition) is 7. The van der Waals surface area contributed by atoms with Gasteiger partial charge in [0.25, 0.3) is 0 Å². The Bertz CT molecular complexity index is 849. The normalized spacial score (nSPS) is 10.7. The third-order valence-electron chi connectivity index (χ3n) is 3.16. The van der Waals surface area contributed by atoms with Gasteiger partial charge in [0, 0.05) is 11.6 Å². The average molecular weight is 329 g/mol. The Morgan fingerprint density at radius 3 is 3.00 bits per heavy atom. The number of aromatic amines is 1. The van der Waals surface area contributed by atoms with Gasteiger partial charge >= 0.3 is 5.97 Å². The summed E-state index contributed by atoms with van der Waals surface area (Å²) in [6.07, 6.45) is 3.70. The number of aromatic nitrogens is 4. The number of nitrogens with zero attached hydrogens (tertiary/aromatic N) is 3. The van der Waals surface area contributed by atoms with Crippen LogP contribution in [0.1, 0.15) is 17.4 Å². The number of esters is 1. The summed E-state index contributed by atoms with van der Waals surface area (Å²) in [5.41, 5.74) is 1.78. The van der Waals surface area contributed by atoms with Crippen molar-refractivity contribution in [1.29, 1.82) is 0 Å². The van der Waals surface area contributed by atoms with Crippen molar-refractivity contribution in [2.75, 3.05) is 18.2 Å². The van der Waals surface area contributed by atoms with Crippen molar-refractivity contribution >= 4 is 40.1 Å². The smallest absolute Gasteiger partial charge is 0.362 e. The highest BCUT2D eigenvalue weighted by atomic mass is 32.2. The van der Waals surface area contributed by atoms with E-state index < -0.39 is 5.97 Å². The van der Waals surface area contributed by atoms with E-state index in [1.807, 2.05) is 36.7 Å². The maximum atomic E-state index is 12.0. The van der Waals surface area contributed by atoms with E-state index >= 15 is 0 Å². The Morgan fingerprint density at radius 1 is 1.35 bits per heavy atom. The predicted octanol–water partition coefficient (Wildman–Crippen LogP) is 3.00. The number of ether oxygens (including phenoxy) is 1. The van der Waals surface area contributed by atoms with Gasteiger partial charge in [0.15, 0.2) is 5.82 Å². The van der Waals surface area contributed by atoms with E-state index in [1.54, 1.807) is 6.92 Å². The standard InChI is InChI=1S/C15H15N5O2S/c1-3-22-14(21)12-13(18-15(23-2)20-19-12)17-10-6-4-5-9-7-8-16-11(9)10/h4-8,16H,3H2,1-2H3,(H,17,18,20). The van der Waals surface area contributed by atoms with Crippen molar-refractivity contribution < 1.29 is 9.53 Å². The molecule has 0 amide bonds. The van der Waals surface area contributed by atoms with E-state index in [1.165, 1.54) is 11.8 Å². The second-order valence-corrected chi connectivity index (χ2v) is 5.36. The lowest BCUT2D eigenvalue weighted by molar-refractivity contribution is 0.0518. The first-order valence-electron chi connectivity index (χ1n) is 7.02. The number of hydrogen-bond donors (Lipinski definition) is 2. The molecule has 1 aromatic carbocycles. The maximum Gasteiger partial charge on any atom is 0.362 e. The Hall–Kier alpha value is -2.61. The van der Waals surface area contributed by atoms with Gasteiger partial charge in [-0.05, 0) is 25.3 Å². The van der Waals surface area contributed by atoms with Crippen LogP contribution in [0.3, 0.4) is 0 Å². The van der Waals surface area contributed by atoms with Crippen LogP contribution in [0.2, 0.25) is 0 Å². The minimum Gasteiger partial charge on any atom is -0.461 e. The number of thioether (sulfide) groups is 1. The monoisotopic (exact) mass is 329 g/mol. The summed E-state index contributed by atoms with van der Waals surface area (Å²) in [6, 6.07) is 7.79. The molecule has 118 valence electrons. The van der Waals surface area contributed by atoms with Crippen molar-refractivity contribution in [2.24, 2.45) is 0 Å². The minimum absolute atomic E-state index is 0.0632. The van der Waals surface area contributed by atoms with Gasteiger partial charge in [-0.2, -0.15) is 0 Å². The number of benzene rings is 1. The topological polar surface area (TPSA) is 92.8 Å². The summed E-state index contributed by atoms with van der Waals surface area (Å²) in [6.45, 7) is 2.00. The number of carbonyl (C=O) groups is 1. The van der Waals surface area contributed by atoms with Gasteiger partial charge in [-0.3, -0.25) is 0 Å². The van der Waals surface area contributed by atoms with Crippen LogP contribution in [0.4, 0.5) is 11.5 Å². The third-order valence-corrected chi connectivity index (χ3v) is 3.70. The first-order valence-corrected chi connectivity index (χ1v) is 8.24. The van der Waals surface area contributed by atoms with Crippen LogP contribution < -0.4 is 5.32 Å². The lowest BCUT2D eigenvalue weighted by atomic mass is 10.2. The molecule has 2 heterocycles. The summed E-state index contributed by atoms with van der Waals surface area (Å²) in [5.74, 6) is -0.230. The van der Waals surface area contributed by atoms with Crippen LogP contribution in [0.25, 0.3) is 10.9 Å². The number of H-pyrrole nitrogens is 1. The number of anilines is 2. The molecule has 7 nitrogen and oxygen atoms in total. The first kappa shape index (κ1) is 15.3. The fraction of sp³-hybridized carbons (Fsp3) is 0.200. The summed E-state index contributed by atoms with van der Waals surface area (Å²) in [7, 11) is 0. The Labute approximate surface area is 136 Å². The number of fused-ring (bicyclic) bond motifs is 1. The molecule has 2 N–H and O–H groups in total. The highest BCUT2D eigenvalue weighted by Crippen LogP contribution is 2.26. The van der Waals surface area contributed by atoms with Crippen LogP contribution in [0.5, 0.6) is 0 Å². The first-order chi connectivity index (χ1) is 11.2. The van der Waals surface area contributed by atoms with Gasteiger partial charge in [0.05, 0.1) is 17.8 Å². The van der Waals surface area contributed by atoms with Gasteiger partial charge in [-0.25, -0.2) is 9.78 Å². The SMILES string of the molecule is CCOC(=O)c1nnc(SC)nc1Nc1cccc2cc[nH]c12. The second-order valence-electron chi connectivity index (χ2n) is 4.59. The van der Waals surface area contributed by atoms with E-state index in [2.05, 4.69) is 25.5 Å². The van der Waals surface area contributed by atoms with Crippen LogP contribution in [0, 0.1) is 0 Å². The molecule has 0 aliphatic carbocycles. The van der Waals surface area contributed by atoms with Crippen LogP contribution in [-0.4, -0.2) is 39.0 Å². The van der Waals surface area contributed by atoms with Gasteiger partial charge in [0.1, 0.15) is 0 Å². The molecular formula is C15H15N5O2S. The summed E-state index contributed by atoms with van der Waals surface area (Å²) in [4.78, 5) is 19.6. The van der Waals surface area contributed by atoms with Crippen LogP contribution in [-0.2, 0) is 4.74 Å². The zero-order valence-corrected chi connectivity index (χ0v) is 13.5. The van der Waals surface area contributed by atoms with E-state index in [0.29, 0.717) is 11.0 Å². The van der Waals surface area contributed by atoms with Crippen molar-refractivity contribution in [3.05, 3.63) is 36.2 Å². The number of carbonyl (C=O) groups excluding carboxylic acids is 1. The molecule has 0 saturated heterocycles. The van der Waals surface area contributed by atoms with Crippen LogP contribution in [0.15, 0.2) is 35.6 Å². The van der Waals surface area contributed by atoms with E-state index in [4.69, 9.17) is 4.74 Å². The molecule has 0 atom stereocenters. The van der Waals surface area contributed by atoms with Gasteiger partial charge < -0.3 is 15.0 Å². The van der Waals surface area contributed by atoms with Gasteiger partial charge in [0.2, 0.25) is 10.9 Å². The molecule has 3 aromatic rings. The highest BCUT2D eigenvalue weighted by molar-refractivity contribution is 7.98. The number of rotatable bonds is 5. The van der Waals surface area contributed by atoms with E-state index in [9.17, 15) is 4.79 Å². The minimum atomic E-state index is -0.554. The molecule has 8 heteroatoms. The molecule has 0 aliphatic heterocycles. The van der Waals surface area contributed by atoms with E-state index in [0.717, 1.165) is 16.6 Å². The third kappa shape index (κ3) is 3.11. The highest BCUT2D eigenvalue weighted by Gasteiger charge is 2.19. The molecule has 0 aliphatic rings. The summed E-state index contributed by atoms with van der Waals surface area (Å²) < 4.78 is 5.02. The fourth-order valence-electron chi connectivity index (χ4n) is 2.14. The lowest BCUT2D eigenvalue weighted by Gasteiger charge is -2.10. The fourth-order valence-corrected chi connectivity index (χ4v) is 2.44. The van der Waals surface area contributed by atoms with Crippen molar-refractivity contribution in [3.63, 3.8) is 0 Å². The molecule has 0 saturated carbocycles. The van der Waals surface area contributed by atoms with Gasteiger partial charge in [-0.15, -0.1) is 10.2 Å². The number of nitrogens with one attached hydrogen (secondary N) is 2. The average Bonchev–Trinajstić information content (AvgIpc) is 3.04. The maximum absolute atomic E-state index is 12.0. The zero-order chi connectivity index (χ0) is 16.2. The quantitative estimate of drug-likeness (QED) is 0.549. The molecule has 0 spiro atoms. The van der Waals surface area contributed by atoms with Crippen molar-refractivity contribution in [3.8, 4) is 0 Å². The predicted molar refractivity (Wildman–Crippen MR) is 89.1 cm³/mol. The molecule has 0 bridgehead atoms. The largest absolute Gasteiger partial charge is 0.461 e. The summed E-state index contributed by atoms with van der Waals surface area (Å²) in [5, 5.41) is 12.5. The molecular weight excluding hydrogens is 314 g/mol. The Morgan fingerprint density at radius 2 is 2.22 bits per heavy atom. The molecule has 23 heavy (non-hydrogen) atoms. The van der Waals surface area contributed by atoms with E-state index in [-0.39, 0.29) is 12.3 Å². The van der Waals surface area contributed by atoms with Crippen molar-refractivity contribution in [1.82, 2.24) is 20.2 Å².